The number of esters is 1. The SMILES string of the molecule is COC(=O)c1ccc([C@H]2N=C(c3ccc(C)cc3)C[C@@H](c3ccccc3O)N2)cc1. The number of carbonyl (C=O) groups is 1. The molecular formula is C25H24N2O3. The molecule has 0 spiro atoms. The quantitative estimate of drug-likeness (QED) is 0.622. The number of carbonyl (C=O) groups excluding carboxylic acids is 1. The highest BCUT2D eigenvalue weighted by Gasteiger charge is 2.27. The van der Waals surface area contributed by atoms with Gasteiger partial charge >= 0.3 is 5.97 Å². The van der Waals surface area contributed by atoms with Crippen molar-refractivity contribution in [1.29, 1.82) is 0 Å². The third kappa shape index (κ3) is 4.11. The van der Waals surface area contributed by atoms with Crippen LogP contribution in [0.1, 0.15) is 51.2 Å². The van der Waals surface area contributed by atoms with Crippen LogP contribution in [-0.4, -0.2) is 23.9 Å². The topological polar surface area (TPSA) is 70.9 Å². The minimum atomic E-state index is -0.367. The highest BCUT2D eigenvalue weighted by molar-refractivity contribution is 6.01. The summed E-state index contributed by atoms with van der Waals surface area (Å²) in [4.78, 5) is 16.7. The molecule has 0 fully saturated rings. The summed E-state index contributed by atoms with van der Waals surface area (Å²) in [6, 6.07) is 22.9. The van der Waals surface area contributed by atoms with E-state index in [1.165, 1.54) is 12.7 Å². The zero-order chi connectivity index (χ0) is 21.1. The van der Waals surface area contributed by atoms with Gasteiger partial charge in [-0.3, -0.25) is 10.3 Å². The van der Waals surface area contributed by atoms with Crippen molar-refractivity contribution < 1.29 is 14.6 Å². The number of aromatic hydroxyl groups is 1. The van der Waals surface area contributed by atoms with Crippen molar-refractivity contribution in [3.8, 4) is 5.75 Å². The van der Waals surface area contributed by atoms with Crippen LogP contribution in [0.2, 0.25) is 0 Å². The molecule has 0 bridgehead atoms. The van der Waals surface area contributed by atoms with Crippen molar-refractivity contribution in [1.82, 2.24) is 5.32 Å². The van der Waals surface area contributed by atoms with E-state index in [9.17, 15) is 9.90 Å². The fraction of sp³-hybridized carbons (Fsp3) is 0.200. The van der Waals surface area contributed by atoms with E-state index in [0.29, 0.717) is 12.0 Å². The molecule has 30 heavy (non-hydrogen) atoms. The van der Waals surface area contributed by atoms with Gasteiger partial charge in [0.2, 0.25) is 0 Å². The summed E-state index contributed by atoms with van der Waals surface area (Å²) in [7, 11) is 1.37. The molecule has 2 atom stereocenters. The summed E-state index contributed by atoms with van der Waals surface area (Å²) in [5.41, 5.74) is 5.51. The molecule has 1 aliphatic heterocycles. The summed E-state index contributed by atoms with van der Waals surface area (Å²) in [5, 5.41) is 13.9. The van der Waals surface area contributed by atoms with Gasteiger partial charge in [-0.15, -0.1) is 0 Å². The lowest BCUT2D eigenvalue weighted by Gasteiger charge is -2.31. The largest absolute Gasteiger partial charge is 0.508 e. The van der Waals surface area contributed by atoms with Crippen molar-refractivity contribution in [2.75, 3.05) is 7.11 Å². The molecule has 5 heteroatoms. The Morgan fingerprint density at radius 2 is 1.73 bits per heavy atom. The first-order chi connectivity index (χ1) is 14.5. The molecule has 0 saturated heterocycles. The summed E-state index contributed by atoms with van der Waals surface area (Å²) in [6.45, 7) is 2.06. The Morgan fingerprint density at radius 3 is 2.40 bits per heavy atom. The van der Waals surface area contributed by atoms with Gasteiger partial charge < -0.3 is 9.84 Å². The van der Waals surface area contributed by atoms with Crippen LogP contribution in [0.25, 0.3) is 0 Å². The van der Waals surface area contributed by atoms with E-state index in [4.69, 9.17) is 9.73 Å². The normalized spacial score (nSPS) is 18.5. The Hall–Kier alpha value is -3.44. The van der Waals surface area contributed by atoms with Crippen molar-refractivity contribution in [2.45, 2.75) is 25.6 Å². The van der Waals surface area contributed by atoms with Crippen molar-refractivity contribution >= 4 is 11.7 Å². The van der Waals surface area contributed by atoms with Crippen LogP contribution in [0, 0.1) is 6.92 Å². The number of rotatable bonds is 4. The van der Waals surface area contributed by atoms with Gasteiger partial charge in [-0.05, 0) is 36.2 Å². The number of aliphatic imine (C=N–C) groups is 1. The third-order valence-electron chi connectivity index (χ3n) is 5.39. The van der Waals surface area contributed by atoms with Gasteiger partial charge in [0.25, 0.3) is 0 Å². The summed E-state index contributed by atoms with van der Waals surface area (Å²) in [5.74, 6) is -0.103. The Kier molecular flexibility index (Phi) is 5.63. The molecule has 4 rings (SSSR count). The van der Waals surface area contributed by atoms with Crippen LogP contribution in [0.5, 0.6) is 5.75 Å². The van der Waals surface area contributed by atoms with Crippen LogP contribution >= 0.6 is 0 Å². The maximum atomic E-state index is 11.7. The molecule has 3 aromatic carbocycles. The maximum absolute atomic E-state index is 11.7. The lowest BCUT2D eigenvalue weighted by molar-refractivity contribution is 0.0600. The monoisotopic (exact) mass is 400 g/mol. The standard InChI is InChI=1S/C25H24N2O3/c1-16-7-9-17(10-8-16)21-15-22(20-5-3-4-6-23(20)28)27-24(26-21)18-11-13-19(14-12-18)25(29)30-2/h3-14,22,24,27-28H,15H2,1-2H3/t22-,24-/m0/s1. The van der Waals surface area contributed by atoms with Gasteiger partial charge in [0, 0.05) is 23.7 Å². The van der Waals surface area contributed by atoms with Crippen LogP contribution in [0.15, 0.2) is 77.8 Å². The van der Waals surface area contributed by atoms with Crippen LogP contribution in [-0.2, 0) is 4.74 Å². The first kappa shape index (κ1) is 19.9. The molecule has 3 aromatic rings. The van der Waals surface area contributed by atoms with E-state index in [2.05, 4.69) is 36.5 Å². The van der Waals surface area contributed by atoms with Gasteiger partial charge in [-0.25, -0.2) is 4.79 Å². The molecular weight excluding hydrogens is 376 g/mol. The van der Waals surface area contributed by atoms with Crippen LogP contribution in [0.3, 0.4) is 0 Å². The summed E-state index contributed by atoms with van der Waals surface area (Å²) in [6.07, 6.45) is 0.364. The number of nitrogens with zero attached hydrogens (tertiary/aromatic N) is 1. The molecule has 0 aliphatic carbocycles. The van der Waals surface area contributed by atoms with Crippen molar-refractivity contribution in [3.05, 3.63) is 101 Å². The van der Waals surface area contributed by atoms with E-state index >= 15 is 0 Å². The Morgan fingerprint density at radius 1 is 1.03 bits per heavy atom. The van der Waals surface area contributed by atoms with Gasteiger partial charge in [0.1, 0.15) is 11.9 Å². The van der Waals surface area contributed by atoms with Gasteiger partial charge in [0.15, 0.2) is 0 Å². The molecule has 0 unspecified atom stereocenters. The van der Waals surface area contributed by atoms with Crippen molar-refractivity contribution in [3.63, 3.8) is 0 Å². The molecule has 0 amide bonds. The van der Waals surface area contributed by atoms with E-state index < -0.39 is 0 Å². The van der Waals surface area contributed by atoms with E-state index in [0.717, 1.165) is 22.4 Å². The molecule has 5 nitrogen and oxygen atoms in total. The average Bonchev–Trinajstić information content (AvgIpc) is 2.79. The second-order valence-electron chi connectivity index (χ2n) is 7.44. The average molecular weight is 400 g/mol. The highest BCUT2D eigenvalue weighted by Crippen LogP contribution is 2.34. The minimum absolute atomic E-state index is 0.0923. The Labute approximate surface area is 176 Å². The smallest absolute Gasteiger partial charge is 0.337 e. The number of ether oxygens (including phenoxy) is 1. The number of phenolic OH excluding ortho intramolecular Hbond substituents is 1. The number of nitrogens with one attached hydrogen (secondary N) is 1. The molecule has 0 radical (unpaired) electrons. The first-order valence-electron chi connectivity index (χ1n) is 9.91. The Bertz CT molecular complexity index is 1070. The van der Waals surface area contributed by atoms with Gasteiger partial charge in [-0.2, -0.15) is 0 Å². The fourth-order valence-corrected chi connectivity index (χ4v) is 3.70. The molecule has 1 aliphatic rings. The second-order valence-corrected chi connectivity index (χ2v) is 7.44. The number of aryl methyl sites for hydroxylation is 1. The summed E-state index contributed by atoms with van der Waals surface area (Å²) >= 11 is 0. The third-order valence-corrected chi connectivity index (χ3v) is 5.39. The van der Waals surface area contributed by atoms with Crippen LogP contribution in [0.4, 0.5) is 0 Å². The zero-order valence-electron chi connectivity index (χ0n) is 17.0. The number of hydrogen-bond donors (Lipinski definition) is 2. The second kappa shape index (κ2) is 8.51. The molecule has 1 heterocycles. The maximum Gasteiger partial charge on any atom is 0.337 e. The van der Waals surface area contributed by atoms with E-state index in [1.54, 1.807) is 18.2 Å². The first-order valence-corrected chi connectivity index (χ1v) is 9.91. The Balaban J connectivity index is 1.71. The molecule has 0 aromatic heterocycles. The number of methoxy groups -OCH3 is 1. The van der Waals surface area contributed by atoms with E-state index in [-0.39, 0.29) is 23.9 Å². The van der Waals surface area contributed by atoms with E-state index in [1.807, 2.05) is 30.3 Å². The minimum Gasteiger partial charge on any atom is -0.508 e. The predicted octanol–water partition coefficient (Wildman–Crippen LogP) is 4.71. The van der Waals surface area contributed by atoms with Crippen molar-refractivity contribution in [2.24, 2.45) is 4.99 Å². The molecule has 2 N–H and O–H groups in total. The van der Waals surface area contributed by atoms with Gasteiger partial charge in [0.05, 0.1) is 12.7 Å². The number of benzene rings is 3. The zero-order valence-corrected chi connectivity index (χ0v) is 17.0. The lowest BCUT2D eigenvalue weighted by Crippen LogP contribution is -2.33. The highest BCUT2D eigenvalue weighted by atomic mass is 16.5. The summed E-state index contributed by atoms with van der Waals surface area (Å²) < 4.78 is 4.78. The van der Waals surface area contributed by atoms with Crippen LogP contribution < -0.4 is 5.32 Å². The van der Waals surface area contributed by atoms with Gasteiger partial charge in [-0.1, -0.05) is 60.2 Å². The fourth-order valence-electron chi connectivity index (χ4n) is 3.70. The predicted molar refractivity (Wildman–Crippen MR) is 117 cm³/mol. The molecule has 0 saturated carbocycles. The lowest BCUT2D eigenvalue weighted by atomic mass is 9.93. The number of phenols is 1. The number of para-hydroxylation sites is 1. The number of hydrogen-bond acceptors (Lipinski definition) is 5. The molecule has 152 valence electrons.